The van der Waals surface area contributed by atoms with E-state index in [2.05, 4.69) is 20.0 Å². The molecule has 0 amide bonds. The second-order valence-corrected chi connectivity index (χ2v) is 11.0. The van der Waals surface area contributed by atoms with Gasteiger partial charge in [0, 0.05) is 29.2 Å². The number of halogens is 3. The lowest BCUT2D eigenvalue weighted by atomic mass is 9.86. The average Bonchev–Trinajstić information content (AvgIpc) is 3.07. The molecule has 1 fully saturated rings. The molecule has 0 aromatic carbocycles. The number of rotatable bonds is 8. The van der Waals surface area contributed by atoms with Gasteiger partial charge >= 0.3 is 6.18 Å². The van der Waals surface area contributed by atoms with E-state index in [4.69, 9.17) is 0 Å². The van der Waals surface area contributed by atoms with Gasteiger partial charge in [0.05, 0.1) is 11.4 Å². The van der Waals surface area contributed by atoms with E-state index in [0.717, 1.165) is 41.8 Å². The van der Waals surface area contributed by atoms with E-state index in [1.807, 2.05) is 13.8 Å². The Hall–Kier alpha value is -1.72. The Labute approximate surface area is 184 Å². The van der Waals surface area contributed by atoms with Crippen LogP contribution in [0.15, 0.2) is 18.3 Å². The number of nitrogens with one attached hydrogen (secondary N) is 2. The summed E-state index contributed by atoms with van der Waals surface area (Å²) in [6.07, 6.45) is 1.02. The van der Waals surface area contributed by atoms with Crippen LogP contribution in [-0.2, 0) is 16.2 Å². The Morgan fingerprint density at radius 3 is 2.48 bits per heavy atom. The predicted octanol–water partition coefficient (Wildman–Crippen LogP) is 4.83. The summed E-state index contributed by atoms with van der Waals surface area (Å²) in [5.41, 5.74) is 0.266. The zero-order valence-corrected chi connectivity index (χ0v) is 19.1. The van der Waals surface area contributed by atoms with Crippen LogP contribution >= 0.6 is 11.3 Å². The number of thiazole rings is 1. The third-order valence-electron chi connectivity index (χ3n) is 5.36. The fraction of sp³-hybridized carbons (Fsp3) is 0.600. The minimum atomic E-state index is -4.46. The maximum Gasteiger partial charge on any atom is 0.433 e. The number of nitrogens with zero attached hydrogens (tertiary/aromatic N) is 2. The molecule has 2 heterocycles. The molecular weight excluding hydrogens is 449 g/mol. The number of hydrogen-bond acceptors (Lipinski definition) is 6. The van der Waals surface area contributed by atoms with Crippen LogP contribution in [0.2, 0.25) is 0 Å². The maximum atomic E-state index is 12.7. The van der Waals surface area contributed by atoms with E-state index < -0.39 is 21.9 Å². The molecule has 2 aromatic heterocycles. The Balaban J connectivity index is 1.54. The van der Waals surface area contributed by atoms with Crippen molar-refractivity contribution in [2.45, 2.75) is 58.2 Å². The van der Waals surface area contributed by atoms with Crippen molar-refractivity contribution in [3.8, 4) is 11.3 Å². The summed E-state index contributed by atoms with van der Waals surface area (Å²) in [6, 6.07) is 2.61. The standard InChI is InChI=1S/C20H27F3N4O2S2/c1-3-10-31(28,29)25-11-14-4-7-16(8-5-14)26-19-27-18(13(2)30-19)15-6-9-17(24-12-15)20(21,22)23/h6,9,12,14,16,25H,3-5,7-8,10-11H2,1-2H3,(H,26,27). The van der Waals surface area contributed by atoms with Crippen LogP contribution < -0.4 is 10.0 Å². The van der Waals surface area contributed by atoms with Gasteiger partial charge in [-0.1, -0.05) is 6.92 Å². The second kappa shape index (κ2) is 9.83. The van der Waals surface area contributed by atoms with Gasteiger partial charge in [0.15, 0.2) is 5.13 Å². The number of aromatic nitrogens is 2. The van der Waals surface area contributed by atoms with Gasteiger partial charge in [0.1, 0.15) is 5.69 Å². The topological polar surface area (TPSA) is 84.0 Å². The molecule has 0 radical (unpaired) electrons. The van der Waals surface area contributed by atoms with Crippen molar-refractivity contribution in [3.05, 3.63) is 28.9 Å². The number of alkyl halides is 3. The van der Waals surface area contributed by atoms with Crippen LogP contribution in [0.4, 0.5) is 18.3 Å². The number of sulfonamides is 1. The fourth-order valence-electron chi connectivity index (χ4n) is 3.70. The number of anilines is 1. The maximum absolute atomic E-state index is 12.7. The molecule has 0 spiro atoms. The van der Waals surface area contributed by atoms with Gasteiger partial charge in [-0.2, -0.15) is 13.2 Å². The highest BCUT2D eigenvalue weighted by Crippen LogP contribution is 2.34. The molecule has 0 saturated heterocycles. The summed E-state index contributed by atoms with van der Waals surface area (Å²) < 4.78 is 64.5. The van der Waals surface area contributed by atoms with Crippen LogP contribution in [-0.4, -0.2) is 36.7 Å². The van der Waals surface area contributed by atoms with Crippen LogP contribution in [0.1, 0.15) is 49.6 Å². The van der Waals surface area contributed by atoms with Gasteiger partial charge in [-0.25, -0.2) is 18.1 Å². The molecule has 0 atom stereocenters. The lowest BCUT2D eigenvalue weighted by Crippen LogP contribution is -2.34. The first-order valence-electron chi connectivity index (χ1n) is 10.3. The Kier molecular flexibility index (Phi) is 7.59. The largest absolute Gasteiger partial charge is 0.433 e. The smallest absolute Gasteiger partial charge is 0.359 e. The van der Waals surface area contributed by atoms with Crippen molar-refractivity contribution >= 4 is 26.5 Å². The first kappa shape index (κ1) is 23.9. The van der Waals surface area contributed by atoms with Gasteiger partial charge in [-0.05, 0) is 57.1 Å². The lowest BCUT2D eigenvalue weighted by Gasteiger charge is -2.29. The second-order valence-electron chi connectivity index (χ2n) is 7.88. The van der Waals surface area contributed by atoms with Crippen LogP contribution in [0.3, 0.4) is 0 Å². The quantitative estimate of drug-likeness (QED) is 0.570. The highest BCUT2D eigenvalue weighted by molar-refractivity contribution is 7.89. The first-order valence-corrected chi connectivity index (χ1v) is 12.8. The van der Waals surface area contributed by atoms with Gasteiger partial charge in [-0.15, -0.1) is 11.3 Å². The minimum Gasteiger partial charge on any atom is -0.359 e. The van der Waals surface area contributed by atoms with Crippen molar-refractivity contribution < 1.29 is 21.6 Å². The molecule has 6 nitrogen and oxygen atoms in total. The van der Waals surface area contributed by atoms with Gasteiger partial charge < -0.3 is 5.32 Å². The molecule has 1 saturated carbocycles. The fourth-order valence-corrected chi connectivity index (χ4v) is 5.78. The predicted molar refractivity (Wildman–Crippen MR) is 117 cm³/mol. The number of pyridine rings is 1. The molecule has 31 heavy (non-hydrogen) atoms. The summed E-state index contributed by atoms with van der Waals surface area (Å²) in [5, 5.41) is 4.16. The summed E-state index contributed by atoms with van der Waals surface area (Å²) in [5.74, 6) is 0.487. The van der Waals surface area contributed by atoms with Crippen molar-refractivity contribution in [1.82, 2.24) is 14.7 Å². The van der Waals surface area contributed by atoms with Crippen molar-refractivity contribution in [2.24, 2.45) is 5.92 Å². The highest BCUT2D eigenvalue weighted by Gasteiger charge is 2.32. The molecule has 0 aliphatic heterocycles. The third-order valence-corrected chi connectivity index (χ3v) is 7.82. The van der Waals surface area contributed by atoms with Gasteiger partial charge in [0.2, 0.25) is 10.0 Å². The van der Waals surface area contributed by atoms with Crippen molar-refractivity contribution in [2.75, 3.05) is 17.6 Å². The Morgan fingerprint density at radius 2 is 1.90 bits per heavy atom. The van der Waals surface area contributed by atoms with Crippen LogP contribution in [0, 0.1) is 12.8 Å². The molecule has 172 valence electrons. The summed E-state index contributed by atoms with van der Waals surface area (Å²) in [6.45, 7) is 4.21. The van der Waals surface area contributed by atoms with Crippen molar-refractivity contribution in [3.63, 3.8) is 0 Å². The third kappa shape index (κ3) is 6.63. The summed E-state index contributed by atoms with van der Waals surface area (Å²) >= 11 is 1.47. The Morgan fingerprint density at radius 1 is 1.19 bits per heavy atom. The SMILES string of the molecule is CCCS(=O)(=O)NCC1CCC(Nc2nc(-c3ccc(C(F)(F)F)nc3)c(C)s2)CC1. The van der Waals surface area contributed by atoms with Gasteiger partial charge in [0.25, 0.3) is 0 Å². The molecular formula is C20H27F3N4O2S2. The van der Waals surface area contributed by atoms with E-state index >= 15 is 0 Å². The van der Waals surface area contributed by atoms with Crippen LogP contribution in [0.25, 0.3) is 11.3 Å². The first-order chi connectivity index (χ1) is 14.6. The summed E-state index contributed by atoms with van der Waals surface area (Å²) in [4.78, 5) is 8.99. The van der Waals surface area contributed by atoms with E-state index in [9.17, 15) is 21.6 Å². The number of aryl methyl sites for hydroxylation is 1. The normalized spacial score (nSPS) is 20.0. The Bertz CT molecular complexity index is 967. The molecule has 0 bridgehead atoms. The zero-order chi connectivity index (χ0) is 22.6. The summed E-state index contributed by atoms with van der Waals surface area (Å²) in [7, 11) is -3.17. The van der Waals surface area contributed by atoms with E-state index in [-0.39, 0.29) is 11.8 Å². The molecule has 11 heteroatoms. The molecule has 2 aromatic rings. The molecule has 3 rings (SSSR count). The molecule has 2 N–H and O–H groups in total. The molecule has 1 aliphatic carbocycles. The van der Waals surface area contributed by atoms with E-state index in [1.54, 1.807) is 0 Å². The van der Waals surface area contributed by atoms with Gasteiger partial charge in [-0.3, -0.25) is 4.98 Å². The zero-order valence-electron chi connectivity index (χ0n) is 17.5. The average molecular weight is 477 g/mol. The molecule has 0 unspecified atom stereocenters. The lowest BCUT2D eigenvalue weighted by molar-refractivity contribution is -0.141. The monoisotopic (exact) mass is 476 g/mol. The minimum absolute atomic E-state index is 0.157. The van der Waals surface area contributed by atoms with E-state index in [0.29, 0.717) is 30.1 Å². The van der Waals surface area contributed by atoms with Crippen LogP contribution in [0.5, 0.6) is 0 Å². The van der Waals surface area contributed by atoms with Crippen molar-refractivity contribution in [1.29, 1.82) is 0 Å². The molecule has 1 aliphatic rings. The highest BCUT2D eigenvalue weighted by atomic mass is 32.2. The van der Waals surface area contributed by atoms with E-state index in [1.165, 1.54) is 23.6 Å². The number of hydrogen-bond donors (Lipinski definition) is 2.